The molecule has 126 valence electrons. The summed E-state index contributed by atoms with van der Waals surface area (Å²) in [5.74, 6) is -0.511. The van der Waals surface area contributed by atoms with E-state index in [1.54, 1.807) is 19.2 Å². The highest BCUT2D eigenvalue weighted by Crippen LogP contribution is 2.29. The monoisotopic (exact) mass is 348 g/mol. The van der Waals surface area contributed by atoms with E-state index < -0.39 is 11.4 Å². The number of hydrogen-bond donors (Lipinski definition) is 2. The van der Waals surface area contributed by atoms with Crippen molar-refractivity contribution in [3.05, 3.63) is 46.8 Å². The molecule has 2 N–H and O–H groups in total. The molecule has 2 atom stereocenters. The smallest absolute Gasteiger partial charge is 0.231 e. The van der Waals surface area contributed by atoms with Crippen LogP contribution in [0.15, 0.2) is 35.3 Å². The SMILES string of the molecule is CN1C(=N)N[C@](C)(C2CC=CC(c3ccc(F)c(Cl)c3)=N2)CC1=O. The number of dihydropyridines is 1. The van der Waals surface area contributed by atoms with Gasteiger partial charge in [0.25, 0.3) is 0 Å². The quantitative estimate of drug-likeness (QED) is 0.862. The number of carbonyl (C=O) groups excluding carboxylic acids is 1. The zero-order valence-corrected chi connectivity index (χ0v) is 14.2. The van der Waals surface area contributed by atoms with Crippen LogP contribution < -0.4 is 5.32 Å². The fourth-order valence-corrected chi connectivity index (χ4v) is 3.14. The molecule has 1 saturated heterocycles. The molecule has 5 nitrogen and oxygen atoms in total. The molecule has 1 unspecified atom stereocenters. The van der Waals surface area contributed by atoms with Crippen molar-refractivity contribution in [1.82, 2.24) is 10.2 Å². The number of halogens is 2. The first-order valence-corrected chi connectivity index (χ1v) is 8.01. The molecule has 0 radical (unpaired) electrons. The summed E-state index contributed by atoms with van der Waals surface area (Å²) in [7, 11) is 1.58. The highest BCUT2D eigenvalue weighted by Gasteiger charge is 2.42. The summed E-state index contributed by atoms with van der Waals surface area (Å²) >= 11 is 5.86. The Morgan fingerprint density at radius 2 is 2.25 bits per heavy atom. The minimum absolute atomic E-state index is 0.0475. The van der Waals surface area contributed by atoms with Crippen molar-refractivity contribution in [3.8, 4) is 0 Å². The van der Waals surface area contributed by atoms with Crippen LogP contribution in [0, 0.1) is 11.2 Å². The summed E-state index contributed by atoms with van der Waals surface area (Å²) in [6, 6.07) is 4.27. The van der Waals surface area contributed by atoms with Crippen molar-refractivity contribution < 1.29 is 9.18 Å². The van der Waals surface area contributed by atoms with Gasteiger partial charge >= 0.3 is 0 Å². The Morgan fingerprint density at radius 1 is 1.50 bits per heavy atom. The van der Waals surface area contributed by atoms with E-state index in [1.165, 1.54) is 11.0 Å². The molecule has 0 bridgehead atoms. The summed E-state index contributed by atoms with van der Waals surface area (Å²) in [4.78, 5) is 18.1. The number of rotatable bonds is 2. The Labute approximate surface area is 144 Å². The normalized spacial score (nSPS) is 27.1. The number of amides is 1. The third kappa shape index (κ3) is 2.94. The van der Waals surface area contributed by atoms with Crippen LogP contribution in [-0.2, 0) is 4.79 Å². The van der Waals surface area contributed by atoms with Gasteiger partial charge in [-0.15, -0.1) is 0 Å². The predicted molar refractivity (Wildman–Crippen MR) is 92.1 cm³/mol. The lowest BCUT2D eigenvalue weighted by Gasteiger charge is -2.43. The van der Waals surface area contributed by atoms with E-state index in [0.29, 0.717) is 12.1 Å². The van der Waals surface area contributed by atoms with Crippen molar-refractivity contribution in [2.45, 2.75) is 31.3 Å². The highest BCUT2D eigenvalue weighted by atomic mass is 35.5. The number of hydrogen-bond acceptors (Lipinski definition) is 3. The molecule has 24 heavy (non-hydrogen) atoms. The highest BCUT2D eigenvalue weighted by molar-refractivity contribution is 6.31. The Balaban J connectivity index is 1.91. The van der Waals surface area contributed by atoms with Gasteiger partial charge in [-0.2, -0.15) is 0 Å². The van der Waals surface area contributed by atoms with Gasteiger partial charge in [-0.1, -0.05) is 17.7 Å². The third-order valence-electron chi connectivity index (χ3n) is 4.51. The van der Waals surface area contributed by atoms with Crippen LogP contribution in [0.5, 0.6) is 0 Å². The first-order chi connectivity index (χ1) is 11.3. The van der Waals surface area contributed by atoms with Crippen molar-refractivity contribution in [2.24, 2.45) is 4.99 Å². The lowest BCUT2D eigenvalue weighted by molar-refractivity contribution is -0.129. The third-order valence-corrected chi connectivity index (χ3v) is 4.80. The molecule has 1 fully saturated rings. The van der Waals surface area contributed by atoms with Gasteiger partial charge < -0.3 is 5.32 Å². The zero-order chi connectivity index (χ0) is 17.5. The van der Waals surface area contributed by atoms with Crippen LogP contribution in [0.25, 0.3) is 0 Å². The number of carbonyl (C=O) groups is 1. The average Bonchev–Trinajstić information content (AvgIpc) is 2.55. The van der Waals surface area contributed by atoms with Gasteiger partial charge in [0.1, 0.15) is 5.82 Å². The van der Waals surface area contributed by atoms with Gasteiger partial charge in [-0.25, -0.2) is 4.39 Å². The molecular weight excluding hydrogens is 331 g/mol. The molecule has 1 aromatic rings. The first kappa shape index (κ1) is 16.6. The Bertz CT molecular complexity index is 756. The lowest BCUT2D eigenvalue weighted by Crippen LogP contribution is -2.64. The topological polar surface area (TPSA) is 68.6 Å². The summed E-state index contributed by atoms with van der Waals surface area (Å²) < 4.78 is 13.4. The van der Waals surface area contributed by atoms with Crippen molar-refractivity contribution >= 4 is 29.2 Å². The largest absolute Gasteiger partial charge is 0.348 e. The van der Waals surface area contributed by atoms with Gasteiger partial charge in [-0.05, 0) is 37.6 Å². The minimum Gasteiger partial charge on any atom is -0.348 e. The number of allylic oxidation sites excluding steroid dienone is 1. The van der Waals surface area contributed by atoms with Crippen LogP contribution in [0.1, 0.15) is 25.3 Å². The van der Waals surface area contributed by atoms with Crippen LogP contribution in [-0.4, -0.2) is 41.1 Å². The van der Waals surface area contributed by atoms with Crippen LogP contribution in [0.2, 0.25) is 5.02 Å². The van der Waals surface area contributed by atoms with Gasteiger partial charge in [0.2, 0.25) is 5.91 Å². The Kier molecular flexibility index (Phi) is 4.17. The van der Waals surface area contributed by atoms with Crippen molar-refractivity contribution in [2.75, 3.05) is 7.05 Å². The van der Waals surface area contributed by atoms with E-state index in [1.807, 2.05) is 19.1 Å². The molecule has 7 heteroatoms. The molecule has 0 aliphatic carbocycles. The van der Waals surface area contributed by atoms with Gasteiger partial charge in [-0.3, -0.25) is 20.1 Å². The maximum atomic E-state index is 13.4. The number of benzene rings is 1. The van der Waals surface area contributed by atoms with Crippen LogP contribution >= 0.6 is 11.6 Å². The molecule has 0 saturated carbocycles. The summed E-state index contributed by atoms with van der Waals surface area (Å²) in [5.41, 5.74) is 0.773. The first-order valence-electron chi connectivity index (χ1n) is 7.63. The minimum atomic E-state index is -0.638. The number of nitrogens with zero attached hydrogens (tertiary/aromatic N) is 2. The zero-order valence-electron chi connectivity index (χ0n) is 13.4. The van der Waals surface area contributed by atoms with Crippen molar-refractivity contribution in [1.29, 1.82) is 5.41 Å². The molecule has 0 spiro atoms. The second-order valence-electron chi connectivity index (χ2n) is 6.32. The maximum absolute atomic E-state index is 13.4. The molecule has 2 heterocycles. The van der Waals surface area contributed by atoms with E-state index in [4.69, 9.17) is 22.0 Å². The molecule has 2 aliphatic heterocycles. The molecule has 2 aliphatic rings. The van der Waals surface area contributed by atoms with E-state index >= 15 is 0 Å². The number of nitrogens with one attached hydrogen (secondary N) is 2. The maximum Gasteiger partial charge on any atom is 0.231 e. The molecule has 1 aromatic carbocycles. The Hall–Kier alpha value is -2.21. The van der Waals surface area contributed by atoms with Gasteiger partial charge in [0.05, 0.1) is 28.7 Å². The summed E-state index contributed by atoms with van der Waals surface area (Å²) in [6.45, 7) is 1.90. The second kappa shape index (κ2) is 6.02. The summed E-state index contributed by atoms with van der Waals surface area (Å²) in [5, 5.41) is 11.1. The van der Waals surface area contributed by atoms with Crippen LogP contribution in [0.3, 0.4) is 0 Å². The standard InChI is InChI=1S/C17H18ClFN4O/c1-17(9-15(24)23(2)16(20)22-17)14-5-3-4-13(21-14)10-6-7-12(19)11(18)8-10/h3-4,6-8,14H,5,9H2,1-2H3,(H2,20,22)/t14?,17-/m0/s1. The predicted octanol–water partition coefficient (Wildman–Crippen LogP) is 2.74. The van der Waals surface area contributed by atoms with Gasteiger partial charge in [0.15, 0.2) is 5.96 Å². The molecule has 1 amide bonds. The summed E-state index contributed by atoms with van der Waals surface area (Å²) in [6.07, 6.45) is 4.76. The molecular formula is C17H18ClFN4O. The van der Waals surface area contributed by atoms with Crippen LogP contribution in [0.4, 0.5) is 4.39 Å². The van der Waals surface area contributed by atoms with Gasteiger partial charge in [0, 0.05) is 12.6 Å². The second-order valence-corrected chi connectivity index (χ2v) is 6.72. The average molecular weight is 349 g/mol. The molecule has 3 rings (SSSR count). The van der Waals surface area contributed by atoms with E-state index in [2.05, 4.69) is 5.32 Å². The van der Waals surface area contributed by atoms with Crippen molar-refractivity contribution in [3.63, 3.8) is 0 Å². The Morgan fingerprint density at radius 3 is 2.92 bits per heavy atom. The van der Waals surface area contributed by atoms with E-state index in [-0.39, 0.29) is 29.4 Å². The molecule has 0 aromatic heterocycles. The fourth-order valence-electron chi connectivity index (χ4n) is 2.96. The number of aliphatic imine (C=N–C) groups is 1. The van der Waals surface area contributed by atoms with E-state index in [0.717, 1.165) is 5.56 Å². The fraction of sp³-hybridized carbons (Fsp3) is 0.353. The van der Waals surface area contributed by atoms with E-state index in [9.17, 15) is 9.18 Å². The lowest BCUT2D eigenvalue weighted by atomic mass is 9.83. The number of guanidine groups is 1.